The molecule has 1 aromatic carbocycles. The molecule has 1 aliphatic heterocycles. The van der Waals surface area contributed by atoms with Crippen molar-refractivity contribution in [3.8, 4) is 0 Å². The number of fused-ring (bicyclic) bond motifs is 2. The van der Waals surface area contributed by atoms with Gasteiger partial charge in [0.05, 0.1) is 5.69 Å². The van der Waals surface area contributed by atoms with Crippen molar-refractivity contribution in [2.45, 2.75) is 19.9 Å². The normalized spacial score (nSPS) is 13.5. The van der Waals surface area contributed by atoms with Crippen molar-refractivity contribution < 1.29 is 9.32 Å². The summed E-state index contributed by atoms with van der Waals surface area (Å²) in [6.07, 6.45) is 2.16. The number of hydrogen-bond donors (Lipinski definition) is 0. The smallest absolute Gasteiger partial charge is 0.267 e. The van der Waals surface area contributed by atoms with Gasteiger partial charge < -0.3 is 9.42 Å². The maximum absolute atomic E-state index is 12.6. The van der Waals surface area contributed by atoms with Crippen LogP contribution in [-0.4, -0.2) is 27.2 Å². The number of carbonyl (C=O) groups excluding carboxylic acids is 1. The van der Waals surface area contributed by atoms with Gasteiger partial charge in [-0.25, -0.2) is 4.98 Å². The second-order valence-electron chi connectivity index (χ2n) is 5.55. The van der Waals surface area contributed by atoms with E-state index in [2.05, 4.69) is 10.1 Å². The summed E-state index contributed by atoms with van der Waals surface area (Å²) in [5.41, 5.74) is 2.43. The lowest BCUT2D eigenvalue weighted by atomic mass is 10.2. The summed E-state index contributed by atoms with van der Waals surface area (Å²) in [6.45, 7) is 2.26. The lowest BCUT2D eigenvalue weighted by molar-refractivity contribution is -0.119. The molecule has 0 aliphatic carbocycles. The predicted octanol–water partition coefficient (Wildman–Crippen LogP) is 1.28. The molecule has 2 aromatic heterocycles. The highest BCUT2D eigenvalue weighted by Gasteiger charge is 2.25. The Balaban J connectivity index is 1.67. The topological polar surface area (TPSA) is 81.2 Å². The van der Waals surface area contributed by atoms with Crippen molar-refractivity contribution in [2.75, 3.05) is 11.4 Å². The van der Waals surface area contributed by atoms with Crippen LogP contribution in [0.3, 0.4) is 0 Å². The van der Waals surface area contributed by atoms with Crippen LogP contribution in [-0.2, 0) is 17.8 Å². The molecule has 0 unspecified atom stereocenters. The largest absolute Gasteiger partial charge is 0.335 e. The molecule has 0 spiro atoms. The van der Waals surface area contributed by atoms with E-state index < -0.39 is 0 Å². The maximum Gasteiger partial charge on any atom is 0.267 e. The summed E-state index contributed by atoms with van der Waals surface area (Å²) in [4.78, 5) is 30.8. The lowest BCUT2D eigenvalue weighted by Gasteiger charge is -2.17. The van der Waals surface area contributed by atoms with Crippen LogP contribution in [0.2, 0.25) is 0 Å². The molecule has 3 heterocycles. The van der Waals surface area contributed by atoms with Gasteiger partial charge in [-0.3, -0.25) is 14.2 Å². The number of rotatable bonds is 2. The molecule has 0 bridgehead atoms. The number of nitrogens with zero attached hydrogens (tertiary/aromatic N) is 4. The number of aryl methyl sites for hydroxylation is 1. The Morgan fingerprint density at radius 2 is 2.17 bits per heavy atom. The number of benzene rings is 1. The minimum Gasteiger partial charge on any atom is -0.335 e. The van der Waals surface area contributed by atoms with Gasteiger partial charge in [0, 0.05) is 12.2 Å². The number of amides is 1. The zero-order valence-electron chi connectivity index (χ0n) is 12.5. The number of hydrogen-bond acceptors (Lipinski definition) is 5. The number of aromatic nitrogens is 3. The Morgan fingerprint density at radius 1 is 1.35 bits per heavy atom. The Labute approximate surface area is 131 Å². The fourth-order valence-corrected chi connectivity index (χ4v) is 2.95. The first kappa shape index (κ1) is 13.7. The average molecular weight is 310 g/mol. The van der Waals surface area contributed by atoms with Crippen molar-refractivity contribution in [1.29, 1.82) is 0 Å². The molecular formula is C16H14N4O3. The summed E-state index contributed by atoms with van der Waals surface area (Å²) in [5, 5.41) is 4.06. The molecule has 4 rings (SSSR count). The third-order valence-corrected chi connectivity index (χ3v) is 4.13. The molecule has 3 aromatic rings. The zero-order valence-corrected chi connectivity index (χ0v) is 12.5. The monoisotopic (exact) mass is 310 g/mol. The molecule has 1 aliphatic rings. The van der Waals surface area contributed by atoms with Crippen molar-refractivity contribution in [3.63, 3.8) is 0 Å². The standard InChI is InChI=1S/C16H14N4O3/c1-10-14-15(23-18-10)17-9-19(16(14)22)8-13(21)20-7-6-11-4-2-3-5-12(11)20/h2-5,9H,6-8H2,1H3. The van der Waals surface area contributed by atoms with Crippen LogP contribution in [0.4, 0.5) is 5.69 Å². The van der Waals surface area contributed by atoms with Gasteiger partial charge in [-0.1, -0.05) is 23.4 Å². The third-order valence-electron chi connectivity index (χ3n) is 4.13. The van der Waals surface area contributed by atoms with E-state index in [-0.39, 0.29) is 23.7 Å². The van der Waals surface area contributed by atoms with Crippen LogP contribution < -0.4 is 10.5 Å². The molecule has 0 saturated heterocycles. The first-order valence-corrected chi connectivity index (χ1v) is 7.35. The van der Waals surface area contributed by atoms with Gasteiger partial charge in [-0.05, 0) is 25.0 Å². The van der Waals surface area contributed by atoms with E-state index in [4.69, 9.17) is 4.52 Å². The predicted molar refractivity (Wildman–Crippen MR) is 83.3 cm³/mol. The number of para-hydroxylation sites is 1. The second kappa shape index (κ2) is 5.05. The molecule has 0 radical (unpaired) electrons. The lowest BCUT2D eigenvalue weighted by Crippen LogP contribution is -2.35. The summed E-state index contributed by atoms with van der Waals surface area (Å²) >= 11 is 0. The Hall–Kier alpha value is -2.96. The molecule has 23 heavy (non-hydrogen) atoms. The van der Waals surface area contributed by atoms with Gasteiger partial charge in [0.2, 0.25) is 5.91 Å². The minimum absolute atomic E-state index is 0.0548. The highest BCUT2D eigenvalue weighted by molar-refractivity contribution is 5.95. The van der Waals surface area contributed by atoms with Crippen molar-refractivity contribution in [1.82, 2.24) is 14.7 Å². The van der Waals surface area contributed by atoms with E-state index in [1.54, 1.807) is 11.8 Å². The fourth-order valence-electron chi connectivity index (χ4n) is 2.95. The Morgan fingerprint density at radius 3 is 3.04 bits per heavy atom. The molecule has 7 heteroatoms. The van der Waals surface area contributed by atoms with Gasteiger partial charge in [-0.15, -0.1) is 0 Å². The molecule has 0 fully saturated rings. The SMILES string of the molecule is Cc1noc2ncn(CC(=O)N3CCc4ccccc43)c(=O)c12. The summed E-state index contributed by atoms with van der Waals surface area (Å²) in [5.74, 6) is -0.132. The highest BCUT2D eigenvalue weighted by Crippen LogP contribution is 2.27. The van der Waals surface area contributed by atoms with Crippen LogP contribution >= 0.6 is 0 Å². The summed E-state index contributed by atoms with van der Waals surface area (Å²) in [6, 6.07) is 7.81. The first-order chi connectivity index (χ1) is 11.1. The molecule has 116 valence electrons. The van der Waals surface area contributed by atoms with Crippen LogP contribution in [0.1, 0.15) is 11.3 Å². The van der Waals surface area contributed by atoms with E-state index in [1.165, 1.54) is 10.9 Å². The molecular weight excluding hydrogens is 296 g/mol. The van der Waals surface area contributed by atoms with Crippen LogP contribution in [0.5, 0.6) is 0 Å². The third kappa shape index (κ3) is 2.12. The van der Waals surface area contributed by atoms with Gasteiger partial charge >= 0.3 is 0 Å². The number of anilines is 1. The van der Waals surface area contributed by atoms with Gasteiger partial charge in [0.25, 0.3) is 11.3 Å². The Kier molecular flexibility index (Phi) is 3.00. The van der Waals surface area contributed by atoms with Gasteiger partial charge in [-0.2, -0.15) is 0 Å². The van der Waals surface area contributed by atoms with Gasteiger partial charge in [0.15, 0.2) is 0 Å². The average Bonchev–Trinajstić information content (AvgIpc) is 3.14. The zero-order chi connectivity index (χ0) is 16.0. The quantitative estimate of drug-likeness (QED) is 0.712. The van der Waals surface area contributed by atoms with Crippen molar-refractivity contribution in [2.24, 2.45) is 0 Å². The van der Waals surface area contributed by atoms with Crippen LogP contribution in [0.15, 0.2) is 39.9 Å². The second-order valence-corrected chi connectivity index (χ2v) is 5.55. The van der Waals surface area contributed by atoms with Crippen LogP contribution in [0, 0.1) is 6.92 Å². The molecule has 0 saturated carbocycles. The molecule has 0 N–H and O–H groups in total. The van der Waals surface area contributed by atoms with E-state index >= 15 is 0 Å². The van der Waals surface area contributed by atoms with Gasteiger partial charge in [0.1, 0.15) is 18.3 Å². The van der Waals surface area contributed by atoms with Crippen molar-refractivity contribution in [3.05, 3.63) is 52.2 Å². The highest BCUT2D eigenvalue weighted by atomic mass is 16.5. The minimum atomic E-state index is -0.311. The maximum atomic E-state index is 12.6. The van der Waals surface area contributed by atoms with E-state index in [0.29, 0.717) is 17.6 Å². The first-order valence-electron chi connectivity index (χ1n) is 7.35. The summed E-state index contributed by atoms with van der Waals surface area (Å²) < 4.78 is 6.27. The van der Waals surface area contributed by atoms with Crippen molar-refractivity contribution >= 4 is 22.7 Å². The Bertz CT molecular complexity index is 973. The fraction of sp³-hybridized carbons (Fsp3) is 0.250. The number of carbonyl (C=O) groups is 1. The van der Waals surface area contributed by atoms with E-state index in [9.17, 15) is 9.59 Å². The van der Waals surface area contributed by atoms with E-state index in [0.717, 1.165) is 17.7 Å². The summed E-state index contributed by atoms with van der Waals surface area (Å²) in [7, 11) is 0. The molecule has 1 amide bonds. The van der Waals surface area contributed by atoms with Crippen LogP contribution in [0.25, 0.3) is 11.1 Å². The molecule has 7 nitrogen and oxygen atoms in total. The van der Waals surface area contributed by atoms with E-state index in [1.807, 2.05) is 24.3 Å². The molecule has 0 atom stereocenters.